The molecule has 1 aliphatic heterocycles. The van der Waals surface area contributed by atoms with E-state index in [0.717, 1.165) is 17.8 Å². The summed E-state index contributed by atoms with van der Waals surface area (Å²) in [5, 5.41) is 14.5. The topological polar surface area (TPSA) is 153 Å². The third-order valence-corrected chi connectivity index (χ3v) is 6.88. The lowest BCUT2D eigenvalue weighted by molar-refractivity contribution is -0.120. The number of fused-ring (bicyclic) bond motifs is 1. The van der Waals surface area contributed by atoms with Gasteiger partial charge in [0.25, 0.3) is 11.8 Å². The number of halogens is 2. The standard InChI is InChI=1S/C27H30ClFN6O5S/c1-26(2,3)40-25(39)31-19-13-41-21-11-18(29)17(22(36)33-34-24(38)32-27(4,5)14-30)10-20(21)35(23(19)37)12-15-6-8-16(28)9-7-15/h6-11,19H,12-13H2,1-5H3,(H,31,39)(H,33,36)(H2,32,34,38)/t19-/m0/s1. The number of ether oxygens (including phenoxy) is 1. The first-order chi connectivity index (χ1) is 19.1. The lowest BCUT2D eigenvalue weighted by Crippen LogP contribution is -2.53. The molecule has 14 heteroatoms. The Morgan fingerprint density at radius 2 is 1.80 bits per heavy atom. The van der Waals surface area contributed by atoms with E-state index in [-0.39, 0.29) is 18.0 Å². The molecule has 0 saturated heterocycles. The van der Waals surface area contributed by atoms with E-state index in [0.29, 0.717) is 15.5 Å². The fraction of sp³-hybridized carbons (Fsp3) is 0.370. The van der Waals surface area contributed by atoms with Gasteiger partial charge in [-0.1, -0.05) is 23.7 Å². The molecule has 2 aromatic rings. The zero-order valence-electron chi connectivity index (χ0n) is 23.1. The van der Waals surface area contributed by atoms with Gasteiger partial charge in [-0.15, -0.1) is 11.8 Å². The zero-order valence-corrected chi connectivity index (χ0v) is 24.6. The number of anilines is 1. The van der Waals surface area contributed by atoms with Crippen molar-refractivity contribution in [1.29, 1.82) is 5.26 Å². The van der Waals surface area contributed by atoms with Crippen LogP contribution in [0.5, 0.6) is 0 Å². The first-order valence-corrected chi connectivity index (χ1v) is 13.8. The van der Waals surface area contributed by atoms with E-state index >= 15 is 4.39 Å². The molecule has 0 fully saturated rings. The van der Waals surface area contributed by atoms with E-state index in [2.05, 4.69) is 21.5 Å². The lowest BCUT2D eigenvalue weighted by Gasteiger charge is -2.27. The van der Waals surface area contributed by atoms with Crippen LogP contribution < -0.4 is 26.4 Å². The fourth-order valence-corrected chi connectivity index (χ4v) is 4.81. The van der Waals surface area contributed by atoms with E-state index < -0.39 is 52.5 Å². The Labute approximate surface area is 246 Å². The van der Waals surface area contributed by atoms with Crippen molar-refractivity contribution in [2.45, 2.75) is 63.2 Å². The van der Waals surface area contributed by atoms with Crippen LogP contribution in [0, 0.1) is 17.1 Å². The highest BCUT2D eigenvalue weighted by Crippen LogP contribution is 2.37. The van der Waals surface area contributed by atoms with Crippen LogP contribution in [0.2, 0.25) is 5.02 Å². The summed E-state index contributed by atoms with van der Waals surface area (Å²) in [6.07, 6.45) is -0.788. The molecule has 0 radical (unpaired) electrons. The first-order valence-electron chi connectivity index (χ1n) is 12.4. The Bertz CT molecular complexity index is 1390. The first kappa shape index (κ1) is 31.5. The molecule has 1 heterocycles. The largest absolute Gasteiger partial charge is 0.444 e. The van der Waals surface area contributed by atoms with Crippen LogP contribution >= 0.6 is 23.4 Å². The fourth-order valence-electron chi connectivity index (χ4n) is 3.61. The molecule has 1 atom stereocenters. The predicted octanol–water partition coefficient (Wildman–Crippen LogP) is 4.26. The number of amides is 5. The summed E-state index contributed by atoms with van der Waals surface area (Å²) in [7, 11) is 0. The number of thioether (sulfide) groups is 1. The van der Waals surface area contributed by atoms with Gasteiger partial charge in [-0.3, -0.25) is 15.0 Å². The third kappa shape index (κ3) is 8.73. The zero-order chi connectivity index (χ0) is 30.5. The van der Waals surface area contributed by atoms with Crippen molar-refractivity contribution < 1.29 is 28.3 Å². The van der Waals surface area contributed by atoms with Gasteiger partial charge in [-0.2, -0.15) is 5.26 Å². The predicted molar refractivity (Wildman–Crippen MR) is 152 cm³/mol. The summed E-state index contributed by atoms with van der Waals surface area (Å²) in [5.74, 6) is -2.33. The highest BCUT2D eigenvalue weighted by atomic mass is 35.5. The van der Waals surface area contributed by atoms with Gasteiger partial charge < -0.3 is 20.3 Å². The molecule has 5 amide bonds. The van der Waals surface area contributed by atoms with Gasteiger partial charge in [-0.25, -0.2) is 19.4 Å². The maximum atomic E-state index is 15.1. The van der Waals surface area contributed by atoms with Crippen molar-refractivity contribution in [2.75, 3.05) is 10.7 Å². The van der Waals surface area contributed by atoms with Gasteiger partial charge in [0.15, 0.2) is 0 Å². The molecular formula is C27H30ClFN6O5S. The maximum Gasteiger partial charge on any atom is 0.408 e. The number of urea groups is 1. The van der Waals surface area contributed by atoms with E-state index in [1.807, 2.05) is 6.07 Å². The summed E-state index contributed by atoms with van der Waals surface area (Å²) in [4.78, 5) is 52.8. The Kier molecular flexibility index (Phi) is 9.73. The maximum absolute atomic E-state index is 15.1. The number of hydrazine groups is 1. The number of alkyl carbamates (subject to hydrolysis) is 1. The number of hydrogen-bond donors (Lipinski definition) is 4. The van der Waals surface area contributed by atoms with Gasteiger partial charge in [0.1, 0.15) is 23.0 Å². The summed E-state index contributed by atoms with van der Waals surface area (Å²) in [6.45, 7) is 8.00. The molecule has 3 rings (SSSR count). The van der Waals surface area contributed by atoms with E-state index in [1.165, 1.54) is 24.8 Å². The summed E-state index contributed by atoms with van der Waals surface area (Å²) >= 11 is 7.13. The minimum atomic E-state index is -1.21. The molecule has 218 valence electrons. The van der Waals surface area contributed by atoms with Gasteiger partial charge in [0.2, 0.25) is 0 Å². The highest BCUT2D eigenvalue weighted by molar-refractivity contribution is 7.99. The summed E-state index contributed by atoms with van der Waals surface area (Å²) in [6, 6.07) is 9.02. The van der Waals surface area contributed by atoms with Crippen LogP contribution in [0.25, 0.3) is 0 Å². The number of nitriles is 1. The second kappa shape index (κ2) is 12.7. The van der Waals surface area contributed by atoms with E-state index in [1.54, 1.807) is 45.0 Å². The van der Waals surface area contributed by atoms with E-state index in [9.17, 15) is 19.2 Å². The number of carbonyl (C=O) groups is 4. The van der Waals surface area contributed by atoms with E-state index in [4.69, 9.17) is 21.6 Å². The molecule has 2 aromatic carbocycles. The molecule has 11 nitrogen and oxygen atoms in total. The van der Waals surface area contributed by atoms with Crippen LogP contribution in [0.4, 0.5) is 19.7 Å². The molecular weight excluding hydrogens is 575 g/mol. The SMILES string of the molecule is CC(C)(C#N)NC(=O)NNC(=O)c1cc2c(cc1F)SC[C@H](NC(=O)OC(C)(C)C)C(=O)N2Cc1ccc(Cl)cc1. The monoisotopic (exact) mass is 604 g/mol. The molecule has 0 saturated carbocycles. The highest BCUT2D eigenvalue weighted by Gasteiger charge is 2.34. The van der Waals surface area contributed by atoms with Crippen LogP contribution in [0.1, 0.15) is 50.5 Å². The Balaban J connectivity index is 1.93. The molecule has 0 unspecified atom stereocenters. The minimum Gasteiger partial charge on any atom is -0.444 e. The molecule has 4 N–H and O–H groups in total. The number of nitrogens with one attached hydrogen (secondary N) is 4. The summed E-state index contributed by atoms with van der Waals surface area (Å²) < 4.78 is 20.5. The Hall–Kier alpha value is -4.02. The van der Waals surface area contributed by atoms with Crippen LogP contribution in [0.15, 0.2) is 41.3 Å². The average Bonchev–Trinajstić information content (AvgIpc) is 2.98. The minimum absolute atomic E-state index is 0.0205. The quantitative estimate of drug-likeness (QED) is 0.372. The number of hydrogen-bond acceptors (Lipinski definition) is 7. The van der Waals surface area contributed by atoms with Crippen LogP contribution in [-0.2, 0) is 16.1 Å². The normalized spacial score (nSPS) is 15.1. The Morgan fingerprint density at radius 3 is 2.41 bits per heavy atom. The molecule has 1 aliphatic rings. The molecule has 0 aliphatic carbocycles. The molecule has 0 aromatic heterocycles. The molecule has 0 bridgehead atoms. The van der Waals surface area contributed by atoms with Gasteiger partial charge >= 0.3 is 12.1 Å². The van der Waals surface area contributed by atoms with Crippen molar-refractivity contribution in [2.24, 2.45) is 0 Å². The van der Waals surface area contributed by atoms with Crippen molar-refractivity contribution >= 4 is 53.0 Å². The average molecular weight is 605 g/mol. The second-order valence-electron chi connectivity index (χ2n) is 10.6. The van der Waals surface area contributed by atoms with Crippen molar-refractivity contribution in [3.8, 4) is 6.07 Å². The number of rotatable bonds is 5. The van der Waals surface area contributed by atoms with Crippen molar-refractivity contribution in [1.82, 2.24) is 21.5 Å². The number of carbonyl (C=O) groups excluding carboxylic acids is 4. The lowest BCUT2D eigenvalue weighted by atomic mass is 10.1. The van der Waals surface area contributed by atoms with Gasteiger partial charge in [0.05, 0.1) is 23.9 Å². The molecule has 0 spiro atoms. The van der Waals surface area contributed by atoms with Gasteiger partial charge in [0, 0.05) is 15.7 Å². The van der Waals surface area contributed by atoms with Crippen LogP contribution in [-0.4, -0.2) is 46.9 Å². The van der Waals surface area contributed by atoms with Gasteiger partial charge in [-0.05, 0) is 64.4 Å². The second-order valence-corrected chi connectivity index (χ2v) is 12.1. The third-order valence-electron chi connectivity index (χ3n) is 5.49. The smallest absolute Gasteiger partial charge is 0.408 e. The number of benzene rings is 2. The summed E-state index contributed by atoms with van der Waals surface area (Å²) in [5.41, 5.74) is 2.63. The number of nitrogens with zero attached hydrogens (tertiary/aromatic N) is 2. The Morgan fingerprint density at radius 1 is 1.15 bits per heavy atom. The van der Waals surface area contributed by atoms with Crippen molar-refractivity contribution in [3.63, 3.8) is 0 Å². The van der Waals surface area contributed by atoms with Crippen molar-refractivity contribution in [3.05, 3.63) is 58.4 Å². The van der Waals surface area contributed by atoms with Crippen LogP contribution in [0.3, 0.4) is 0 Å². The molecule has 41 heavy (non-hydrogen) atoms.